The number of pyridine rings is 1. The molecule has 2 aromatic heterocycles. The highest BCUT2D eigenvalue weighted by atomic mass is 16.5. The Morgan fingerprint density at radius 2 is 1.85 bits per heavy atom. The van der Waals surface area contributed by atoms with Crippen LogP contribution in [0.1, 0.15) is 42.4 Å². The fourth-order valence-corrected chi connectivity index (χ4v) is 3.08. The van der Waals surface area contributed by atoms with E-state index < -0.39 is 0 Å². The summed E-state index contributed by atoms with van der Waals surface area (Å²) in [6, 6.07) is 13.5. The van der Waals surface area contributed by atoms with Crippen LogP contribution in [-0.4, -0.2) is 22.6 Å². The zero-order chi connectivity index (χ0) is 19.2. The van der Waals surface area contributed by atoms with Gasteiger partial charge in [-0.1, -0.05) is 19.1 Å². The number of carbonyl (C=O) groups is 1. The molecule has 0 aliphatic carbocycles. The number of hydrogen-bond donors (Lipinski definition) is 1. The van der Waals surface area contributed by atoms with E-state index in [2.05, 4.69) is 17.2 Å². The molecule has 3 aromatic rings. The molecule has 0 aliphatic heterocycles. The molecule has 3 rings (SSSR count). The van der Waals surface area contributed by atoms with Crippen molar-refractivity contribution in [3.05, 3.63) is 72.3 Å². The number of nitrogens with zero attached hydrogens (tertiary/aromatic N) is 2. The van der Waals surface area contributed by atoms with E-state index in [1.807, 2.05) is 60.2 Å². The smallest absolute Gasteiger partial charge is 0.268 e. The van der Waals surface area contributed by atoms with Gasteiger partial charge >= 0.3 is 0 Å². The molecular formula is C22H25N3O2. The number of nitrogens with one attached hydrogen (secondary N) is 1. The van der Waals surface area contributed by atoms with Gasteiger partial charge in [0, 0.05) is 30.7 Å². The van der Waals surface area contributed by atoms with Crippen LogP contribution in [0, 0.1) is 0 Å². The van der Waals surface area contributed by atoms with Gasteiger partial charge < -0.3 is 14.6 Å². The molecule has 1 aromatic carbocycles. The Hall–Kier alpha value is -3.08. The minimum atomic E-state index is -0.0993. The molecule has 1 unspecified atom stereocenters. The van der Waals surface area contributed by atoms with Crippen LogP contribution in [0.4, 0.5) is 0 Å². The lowest BCUT2D eigenvalue weighted by molar-refractivity contribution is 0.0930. The molecule has 140 valence electrons. The molecule has 0 fully saturated rings. The van der Waals surface area contributed by atoms with Gasteiger partial charge in [-0.2, -0.15) is 0 Å². The number of carbonyl (C=O) groups excluding carboxylic acids is 1. The maximum absolute atomic E-state index is 12.9. The van der Waals surface area contributed by atoms with Crippen LogP contribution >= 0.6 is 0 Å². The summed E-state index contributed by atoms with van der Waals surface area (Å²) < 4.78 is 7.21. The number of aryl methyl sites for hydroxylation is 1. The van der Waals surface area contributed by atoms with Crippen molar-refractivity contribution >= 4 is 5.91 Å². The molecule has 0 bridgehead atoms. The van der Waals surface area contributed by atoms with Crippen molar-refractivity contribution in [2.75, 3.05) is 7.11 Å². The Balaban J connectivity index is 1.81. The molecule has 0 saturated heterocycles. The third-order valence-corrected chi connectivity index (χ3v) is 4.57. The highest BCUT2D eigenvalue weighted by Gasteiger charge is 2.17. The first kappa shape index (κ1) is 18.7. The Bertz CT molecular complexity index is 886. The number of amides is 1. The fourth-order valence-electron chi connectivity index (χ4n) is 3.08. The van der Waals surface area contributed by atoms with Gasteiger partial charge in [0.05, 0.1) is 13.2 Å². The van der Waals surface area contributed by atoms with E-state index >= 15 is 0 Å². The second kappa shape index (κ2) is 8.54. The van der Waals surface area contributed by atoms with E-state index in [4.69, 9.17) is 4.74 Å². The van der Waals surface area contributed by atoms with Crippen molar-refractivity contribution in [1.29, 1.82) is 0 Å². The van der Waals surface area contributed by atoms with Gasteiger partial charge in [-0.3, -0.25) is 9.78 Å². The minimum absolute atomic E-state index is 0.0768. The van der Waals surface area contributed by atoms with Crippen LogP contribution in [0.2, 0.25) is 0 Å². The first-order valence-corrected chi connectivity index (χ1v) is 9.17. The number of methoxy groups -OCH3 is 1. The fraction of sp³-hybridized carbons (Fsp3) is 0.273. The lowest BCUT2D eigenvalue weighted by Gasteiger charge is -2.16. The molecule has 1 N–H and O–H groups in total. The van der Waals surface area contributed by atoms with Crippen molar-refractivity contribution in [2.24, 2.45) is 0 Å². The highest BCUT2D eigenvalue weighted by Crippen LogP contribution is 2.23. The van der Waals surface area contributed by atoms with Crippen molar-refractivity contribution in [1.82, 2.24) is 14.9 Å². The first-order chi connectivity index (χ1) is 13.1. The van der Waals surface area contributed by atoms with Crippen LogP contribution in [0.5, 0.6) is 5.75 Å². The summed E-state index contributed by atoms with van der Waals surface area (Å²) in [6.07, 6.45) is 6.51. The predicted octanol–water partition coefficient (Wildman–Crippen LogP) is 4.46. The Labute approximate surface area is 160 Å². The normalized spacial score (nSPS) is 11.8. The molecule has 0 spiro atoms. The molecular weight excluding hydrogens is 338 g/mol. The van der Waals surface area contributed by atoms with E-state index in [-0.39, 0.29) is 11.9 Å². The number of rotatable bonds is 7. The zero-order valence-electron chi connectivity index (χ0n) is 16.0. The van der Waals surface area contributed by atoms with E-state index in [9.17, 15) is 4.79 Å². The van der Waals surface area contributed by atoms with Gasteiger partial charge in [0.25, 0.3) is 5.91 Å². The van der Waals surface area contributed by atoms with Crippen molar-refractivity contribution < 1.29 is 9.53 Å². The van der Waals surface area contributed by atoms with Crippen molar-refractivity contribution in [3.63, 3.8) is 0 Å². The number of benzene rings is 1. The lowest BCUT2D eigenvalue weighted by atomic mass is 10.1. The standard InChI is InChI=1S/C22H25N3O2/c1-4-13-25-15-19(18-9-11-23-12-10-18)14-21(25)22(26)24-16(2)17-5-7-20(27-3)8-6-17/h5-12,14-16H,4,13H2,1-3H3,(H,24,26). The van der Waals surface area contributed by atoms with Crippen molar-refractivity contribution in [3.8, 4) is 16.9 Å². The summed E-state index contributed by atoms with van der Waals surface area (Å²) in [6.45, 7) is 4.88. The first-order valence-electron chi connectivity index (χ1n) is 9.17. The van der Waals surface area contributed by atoms with Crippen molar-refractivity contribution in [2.45, 2.75) is 32.9 Å². The summed E-state index contributed by atoms with van der Waals surface area (Å²) in [7, 11) is 1.64. The summed E-state index contributed by atoms with van der Waals surface area (Å²) in [4.78, 5) is 17.0. The van der Waals surface area contributed by atoms with E-state index in [1.165, 1.54) is 0 Å². The maximum Gasteiger partial charge on any atom is 0.268 e. The molecule has 5 nitrogen and oxygen atoms in total. The molecule has 5 heteroatoms. The average Bonchev–Trinajstić information content (AvgIpc) is 3.13. The minimum Gasteiger partial charge on any atom is -0.497 e. The Kier molecular flexibility index (Phi) is 5.91. The van der Waals surface area contributed by atoms with Gasteiger partial charge in [0.15, 0.2) is 0 Å². The third-order valence-electron chi connectivity index (χ3n) is 4.57. The zero-order valence-corrected chi connectivity index (χ0v) is 16.0. The molecule has 27 heavy (non-hydrogen) atoms. The van der Waals surface area contributed by atoms with Gasteiger partial charge in [-0.05, 0) is 54.8 Å². The van der Waals surface area contributed by atoms with Crippen LogP contribution in [0.3, 0.4) is 0 Å². The van der Waals surface area contributed by atoms with Crippen LogP contribution in [-0.2, 0) is 6.54 Å². The summed E-state index contributed by atoms with van der Waals surface area (Å²) in [5.74, 6) is 0.725. The second-order valence-corrected chi connectivity index (χ2v) is 6.51. The van der Waals surface area contributed by atoms with Crippen LogP contribution in [0.25, 0.3) is 11.1 Å². The molecule has 0 radical (unpaired) electrons. The quantitative estimate of drug-likeness (QED) is 0.674. The monoisotopic (exact) mass is 363 g/mol. The SMILES string of the molecule is CCCn1cc(-c2ccncc2)cc1C(=O)NC(C)c1ccc(OC)cc1. The second-order valence-electron chi connectivity index (χ2n) is 6.51. The lowest BCUT2D eigenvalue weighted by Crippen LogP contribution is -2.28. The predicted molar refractivity (Wildman–Crippen MR) is 107 cm³/mol. The molecule has 0 saturated carbocycles. The van der Waals surface area contributed by atoms with Gasteiger partial charge in [-0.15, -0.1) is 0 Å². The Morgan fingerprint density at radius 1 is 1.15 bits per heavy atom. The molecule has 1 atom stereocenters. The maximum atomic E-state index is 12.9. The summed E-state index contributed by atoms with van der Waals surface area (Å²) in [5, 5.41) is 3.10. The summed E-state index contributed by atoms with van der Waals surface area (Å²) >= 11 is 0. The molecule has 1 amide bonds. The van der Waals surface area contributed by atoms with E-state index in [0.29, 0.717) is 5.69 Å². The number of aromatic nitrogens is 2. The molecule has 2 heterocycles. The topological polar surface area (TPSA) is 56.2 Å². The number of ether oxygens (including phenoxy) is 1. The van der Waals surface area contributed by atoms with Crippen LogP contribution in [0.15, 0.2) is 61.1 Å². The number of hydrogen-bond acceptors (Lipinski definition) is 3. The molecule has 0 aliphatic rings. The highest BCUT2D eigenvalue weighted by molar-refractivity contribution is 5.94. The Morgan fingerprint density at radius 3 is 2.48 bits per heavy atom. The largest absolute Gasteiger partial charge is 0.497 e. The van der Waals surface area contributed by atoms with E-state index in [1.54, 1.807) is 19.5 Å². The summed E-state index contributed by atoms with van der Waals surface area (Å²) in [5.41, 5.74) is 3.78. The van der Waals surface area contributed by atoms with Crippen LogP contribution < -0.4 is 10.1 Å². The average molecular weight is 363 g/mol. The van der Waals surface area contributed by atoms with Gasteiger partial charge in [-0.25, -0.2) is 0 Å². The van der Waals surface area contributed by atoms with E-state index in [0.717, 1.165) is 35.4 Å². The van der Waals surface area contributed by atoms with Gasteiger partial charge in [0.2, 0.25) is 0 Å². The third kappa shape index (κ3) is 4.37. The van der Waals surface area contributed by atoms with Gasteiger partial charge in [0.1, 0.15) is 11.4 Å².